The summed E-state index contributed by atoms with van der Waals surface area (Å²) in [5.41, 5.74) is 2.88. The van der Waals surface area contributed by atoms with Gasteiger partial charge in [0, 0.05) is 23.2 Å². The lowest BCUT2D eigenvalue weighted by Crippen LogP contribution is -2.03. The van der Waals surface area contributed by atoms with Crippen molar-refractivity contribution >= 4 is 11.8 Å². The maximum atomic E-state index is 5.77. The van der Waals surface area contributed by atoms with Crippen LogP contribution in [0.15, 0.2) is 56.7 Å². The number of nitrogens with zero attached hydrogens (tertiary/aromatic N) is 5. The molecule has 4 aromatic rings. The quantitative estimate of drug-likeness (QED) is 0.478. The number of benzene rings is 1. The van der Waals surface area contributed by atoms with E-state index in [2.05, 4.69) is 20.3 Å². The second kappa shape index (κ2) is 7.17. The molecule has 0 unspecified atom stereocenters. The molecule has 0 saturated heterocycles. The van der Waals surface area contributed by atoms with Crippen LogP contribution >= 0.6 is 11.8 Å². The Morgan fingerprint density at radius 3 is 2.65 bits per heavy atom. The van der Waals surface area contributed by atoms with E-state index >= 15 is 0 Å². The predicted octanol–water partition coefficient (Wildman–Crippen LogP) is 3.88. The number of aromatic nitrogens is 5. The molecule has 1 aromatic carbocycles. The Bertz CT molecular complexity index is 1010. The molecule has 0 bridgehead atoms. The molecular formula is C18H17N5O2S. The van der Waals surface area contributed by atoms with E-state index in [1.807, 2.05) is 54.9 Å². The van der Waals surface area contributed by atoms with Gasteiger partial charge in [0.05, 0.1) is 5.69 Å². The van der Waals surface area contributed by atoms with Crippen LogP contribution in [-0.2, 0) is 12.3 Å². The number of rotatable bonds is 6. The average molecular weight is 367 g/mol. The van der Waals surface area contributed by atoms with Crippen LogP contribution in [0.2, 0.25) is 0 Å². The molecule has 26 heavy (non-hydrogen) atoms. The van der Waals surface area contributed by atoms with E-state index < -0.39 is 0 Å². The predicted molar refractivity (Wildman–Crippen MR) is 96.6 cm³/mol. The molecular weight excluding hydrogens is 350 g/mol. The van der Waals surface area contributed by atoms with Crippen molar-refractivity contribution < 1.29 is 8.83 Å². The van der Waals surface area contributed by atoms with E-state index in [9.17, 15) is 0 Å². The van der Waals surface area contributed by atoms with Crippen LogP contribution in [0.5, 0.6) is 0 Å². The number of oxazole rings is 1. The normalized spacial score (nSPS) is 11.2. The van der Waals surface area contributed by atoms with Gasteiger partial charge in [-0.05, 0) is 32.0 Å². The van der Waals surface area contributed by atoms with Crippen molar-refractivity contribution in [3.05, 3.63) is 65.6 Å². The van der Waals surface area contributed by atoms with Gasteiger partial charge in [-0.1, -0.05) is 30.0 Å². The van der Waals surface area contributed by atoms with Crippen molar-refractivity contribution in [1.82, 2.24) is 25.0 Å². The standard InChI is InChI=1S/C18H17N5O2S/c1-12-8-9-19-23(12)10-16-21-22-18(25-16)26-11-15-13(2)24-17(20-15)14-6-4-3-5-7-14/h3-9H,10-11H2,1-2H3. The molecule has 132 valence electrons. The van der Waals surface area contributed by atoms with E-state index in [0.29, 0.717) is 29.3 Å². The molecule has 0 N–H and O–H groups in total. The highest BCUT2D eigenvalue weighted by Crippen LogP contribution is 2.27. The van der Waals surface area contributed by atoms with Gasteiger partial charge in [0.25, 0.3) is 5.22 Å². The summed E-state index contributed by atoms with van der Waals surface area (Å²) in [6.07, 6.45) is 1.75. The van der Waals surface area contributed by atoms with Crippen LogP contribution in [0.4, 0.5) is 0 Å². The fourth-order valence-corrected chi connectivity index (χ4v) is 3.23. The molecule has 0 aliphatic heterocycles. The molecule has 4 rings (SSSR count). The minimum atomic E-state index is 0.466. The first-order valence-electron chi connectivity index (χ1n) is 8.14. The Morgan fingerprint density at radius 2 is 1.88 bits per heavy atom. The summed E-state index contributed by atoms with van der Waals surface area (Å²) in [4.78, 5) is 4.58. The first-order chi connectivity index (χ1) is 12.7. The lowest BCUT2D eigenvalue weighted by atomic mass is 10.2. The first-order valence-corrected chi connectivity index (χ1v) is 9.13. The van der Waals surface area contributed by atoms with Crippen LogP contribution < -0.4 is 0 Å². The smallest absolute Gasteiger partial charge is 0.277 e. The highest BCUT2D eigenvalue weighted by atomic mass is 32.2. The Morgan fingerprint density at radius 1 is 1.04 bits per heavy atom. The fourth-order valence-electron chi connectivity index (χ4n) is 2.45. The van der Waals surface area contributed by atoms with Crippen molar-refractivity contribution in [2.45, 2.75) is 31.4 Å². The molecule has 3 heterocycles. The number of aryl methyl sites for hydroxylation is 2. The molecule has 0 radical (unpaired) electrons. The van der Waals surface area contributed by atoms with E-state index in [1.54, 1.807) is 6.20 Å². The Labute approximate surface area is 154 Å². The largest absolute Gasteiger partial charge is 0.441 e. The maximum Gasteiger partial charge on any atom is 0.277 e. The highest BCUT2D eigenvalue weighted by Gasteiger charge is 2.14. The summed E-state index contributed by atoms with van der Waals surface area (Å²) < 4.78 is 13.3. The first kappa shape index (κ1) is 16.6. The molecule has 0 aliphatic carbocycles. The van der Waals surface area contributed by atoms with E-state index in [-0.39, 0.29) is 0 Å². The van der Waals surface area contributed by atoms with E-state index in [1.165, 1.54) is 11.8 Å². The Balaban J connectivity index is 1.42. The lowest BCUT2D eigenvalue weighted by molar-refractivity contribution is 0.396. The Hall–Kier alpha value is -2.87. The van der Waals surface area contributed by atoms with Gasteiger partial charge < -0.3 is 8.83 Å². The highest BCUT2D eigenvalue weighted by molar-refractivity contribution is 7.98. The molecule has 0 atom stereocenters. The minimum Gasteiger partial charge on any atom is -0.441 e. The maximum absolute atomic E-state index is 5.77. The molecule has 7 nitrogen and oxygen atoms in total. The molecule has 0 fully saturated rings. The van der Waals surface area contributed by atoms with Gasteiger partial charge in [-0.15, -0.1) is 10.2 Å². The van der Waals surface area contributed by atoms with Crippen molar-refractivity contribution in [2.75, 3.05) is 0 Å². The van der Waals surface area contributed by atoms with Gasteiger partial charge in [0.15, 0.2) is 0 Å². The topological polar surface area (TPSA) is 82.8 Å². The summed E-state index contributed by atoms with van der Waals surface area (Å²) in [5, 5.41) is 12.9. The zero-order valence-electron chi connectivity index (χ0n) is 14.4. The average Bonchev–Trinajstić information content (AvgIpc) is 3.36. The second-order valence-corrected chi connectivity index (χ2v) is 6.70. The van der Waals surface area contributed by atoms with E-state index in [4.69, 9.17) is 8.83 Å². The van der Waals surface area contributed by atoms with Gasteiger partial charge in [0.2, 0.25) is 11.8 Å². The van der Waals surface area contributed by atoms with Gasteiger partial charge in [-0.2, -0.15) is 5.10 Å². The van der Waals surface area contributed by atoms with Crippen LogP contribution in [-0.4, -0.2) is 25.0 Å². The molecule has 0 spiro atoms. The summed E-state index contributed by atoms with van der Waals surface area (Å²) in [7, 11) is 0. The molecule has 0 amide bonds. The van der Waals surface area contributed by atoms with Crippen molar-refractivity contribution in [2.24, 2.45) is 0 Å². The third kappa shape index (κ3) is 3.55. The lowest BCUT2D eigenvalue weighted by Gasteiger charge is -1.98. The number of thioether (sulfide) groups is 1. The van der Waals surface area contributed by atoms with Crippen LogP contribution in [0.3, 0.4) is 0 Å². The Kier molecular flexibility index (Phi) is 4.57. The van der Waals surface area contributed by atoms with E-state index in [0.717, 1.165) is 22.7 Å². The summed E-state index contributed by atoms with van der Waals surface area (Å²) in [6, 6.07) is 11.8. The number of hydrogen-bond acceptors (Lipinski definition) is 7. The second-order valence-electron chi connectivity index (χ2n) is 5.77. The third-order valence-electron chi connectivity index (χ3n) is 3.91. The van der Waals surface area contributed by atoms with Crippen LogP contribution in [0.25, 0.3) is 11.5 Å². The molecule has 0 aliphatic rings. The zero-order chi connectivity index (χ0) is 17.9. The van der Waals surface area contributed by atoms with Crippen molar-refractivity contribution in [3.8, 4) is 11.5 Å². The SMILES string of the molecule is Cc1oc(-c2ccccc2)nc1CSc1nnc(Cn2nccc2C)o1. The van der Waals surface area contributed by atoms with Gasteiger partial charge in [-0.3, -0.25) is 4.68 Å². The summed E-state index contributed by atoms with van der Waals surface area (Å²) >= 11 is 1.44. The number of hydrogen-bond donors (Lipinski definition) is 0. The fraction of sp³-hybridized carbons (Fsp3) is 0.222. The third-order valence-corrected chi connectivity index (χ3v) is 4.74. The molecule has 0 saturated carbocycles. The van der Waals surface area contributed by atoms with Gasteiger partial charge >= 0.3 is 0 Å². The zero-order valence-corrected chi connectivity index (χ0v) is 15.2. The molecule has 3 aromatic heterocycles. The minimum absolute atomic E-state index is 0.466. The van der Waals surface area contributed by atoms with Crippen LogP contribution in [0.1, 0.15) is 23.0 Å². The van der Waals surface area contributed by atoms with Gasteiger partial charge in [-0.25, -0.2) is 4.98 Å². The van der Waals surface area contributed by atoms with Crippen molar-refractivity contribution in [3.63, 3.8) is 0 Å². The summed E-state index contributed by atoms with van der Waals surface area (Å²) in [5.74, 6) is 2.55. The summed E-state index contributed by atoms with van der Waals surface area (Å²) in [6.45, 7) is 4.36. The van der Waals surface area contributed by atoms with Crippen LogP contribution in [0, 0.1) is 13.8 Å². The monoisotopic (exact) mass is 367 g/mol. The molecule has 8 heteroatoms. The van der Waals surface area contributed by atoms with Gasteiger partial charge in [0.1, 0.15) is 12.3 Å². The van der Waals surface area contributed by atoms with Crippen molar-refractivity contribution in [1.29, 1.82) is 0 Å².